The first-order valence-corrected chi connectivity index (χ1v) is 7.56. The number of hydrogen-bond donors (Lipinski definition) is 3. The summed E-state index contributed by atoms with van der Waals surface area (Å²) in [5.41, 5.74) is 6.03. The van der Waals surface area contributed by atoms with E-state index in [9.17, 15) is 14.7 Å². The lowest BCUT2D eigenvalue weighted by molar-refractivity contribution is -0.145. The van der Waals surface area contributed by atoms with Crippen molar-refractivity contribution in [3.05, 3.63) is 0 Å². The Kier molecular flexibility index (Phi) is 4.86. The Balaban J connectivity index is 2.00. The number of aliphatic carboxylic acids is 1. The first-order valence-electron chi connectivity index (χ1n) is 7.56. The molecule has 1 saturated heterocycles. The Labute approximate surface area is 119 Å². The number of nitrogens with zero attached hydrogens (tertiary/aromatic N) is 1. The van der Waals surface area contributed by atoms with Crippen LogP contribution in [0.2, 0.25) is 0 Å². The number of piperidine rings is 1. The van der Waals surface area contributed by atoms with Gasteiger partial charge in [-0.2, -0.15) is 0 Å². The van der Waals surface area contributed by atoms with E-state index in [1.165, 1.54) is 4.90 Å². The van der Waals surface area contributed by atoms with Crippen LogP contribution in [0.5, 0.6) is 0 Å². The van der Waals surface area contributed by atoms with Gasteiger partial charge >= 0.3 is 12.0 Å². The summed E-state index contributed by atoms with van der Waals surface area (Å²) in [6, 6.07) is -1.03. The third kappa shape index (κ3) is 3.23. The molecule has 1 aliphatic carbocycles. The number of urea groups is 1. The molecule has 0 aromatic heterocycles. The molecule has 6 nitrogen and oxygen atoms in total. The monoisotopic (exact) mass is 283 g/mol. The largest absolute Gasteiger partial charge is 0.480 e. The van der Waals surface area contributed by atoms with Gasteiger partial charge in [0.25, 0.3) is 0 Å². The van der Waals surface area contributed by atoms with Crippen LogP contribution < -0.4 is 11.1 Å². The molecule has 1 aliphatic heterocycles. The molecule has 6 heteroatoms. The SMILES string of the molecule is CC1CCCN(C(=O)NC2CCCCC2N)C1C(=O)O. The summed E-state index contributed by atoms with van der Waals surface area (Å²) >= 11 is 0. The van der Waals surface area contributed by atoms with Gasteiger partial charge < -0.3 is 21.1 Å². The van der Waals surface area contributed by atoms with E-state index in [4.69, 9.17) is 5.73 Å². The maximum atomic E-state index is 12.4. The van der Waals surface area contributed by atoms with Crippen LogP contribution in [0.1, 0.15) is 45.4 Å². The number of carbonyl (C=O) groups excluding carboxylic acids is 1. The van der Waals surface area contributed by atoms with E-state index in [0.717, 1.165) is 38.5 Å². The fourth-order valence-electron chi connectivity index (χ4n) is 3.37. The molecule has 0 aromatic rings. The molecule has 0 bridgehead atoms. The lowest BCUT2D eigenvalue weighted by atomic mass is 9.90. The summed E-state index contributed by atoms with van der Waals surface area (Å²) in [5, 5.41) is 12.3. The van der Waals surface area contributed by atoms with E-state index < -0.39 is 12.0 Å². The highest BCUT2D eigenvalue weighted by molar-refractivity contribution is 5.83. The van der Waals surface area contributed by atoms with Crippen molar-refractivity contribution in [3.63, 3.8) is 0 Å². The fraction of sp³-hybridized carbons (Fsp3) is 0.857. The van der Waals surface area contributed by atoms with Crippen LogP contribution >= 0.6 is 0 Å². The Bertz CT molecular complexity index is 375. The molecule has 1 saturated carbocycles. The van der Waals surface area contributed by atoms with Crippen LogP contribution in [0.15, 0.2) is 0 Å². The summed E-state index contributed by atoms with van der Waals surface area (Å²) in [7, 11) is 0. The minimum Gasteiger partial charge on any atom is -0.480 e. The average molecular weight is 283 g/mol. The van der Waals surface area contributed by atoms with Gasteiger partial charge in [-0.05, 0) is 31.6 Å². The lowest BCUT2D eigenvalue weighted by Gasteiger charge is -2.39. The number of nitrogens with one attached hydrogen (secondary N) is 1. The van der Waals surface area contributed by atoms with Gasteiger partial charge in [-0.25, -0.2) is 9.59 Å². The third-order valence-electron chi connectivity index (χ3n) is 4.58. The van der Waals surface area contributed by atoms with Gasteiger partial charge in [0.15, 0.2) is 0 Å². The average Bonchev–Trinajstić information content (AvgIpc) is 2.40. The van der Waals surface area contributed by atoms with Gasteiger partial charge in [-0.1, -0.05) is 19.8 Å². The van der Waals surface area contributed by atoms with Crippen LogP contribution in [0.4, 0.5) is 4.79 Å². The van der Waals surface area contributed by atoms with Gasteiger partial charge in [-0.15, -0.1) is 0 Å². The fourth-order valence-corrected chi connectivity index (χ4v) is 3.37. The zero-order chi connectivity index (χ0) is 14.7. The van der Waals surface area contributed by atoms with Crippen molar-refractivity contribution in [1.82, 2.24) is 10.2 Å². The molecule has 2 aliphatic rings. The zero-order valence-electron chi connectivity index (χ0n) is 12.0. The number of carbonyl (C=O) groups is 2. The van der Waals surface area contributed by atoms with E-state index in [0.29, 0.717) is 6.54 Å². The van der Waals surface area contributed by atoms with E-state index in [-0.39, 0.29) is 24.0 Å². The molecule has 0 aromatic carbocycles. The molecule has 4 unspecified atom stereocenters. The third-order valence-corrected chi connectivity index (χ3v) is 4.58. The van der Waals surface area contributed by atoms with Crippen molar-refractivity contribution in [2.45, 2.75) is 63.6 Å². The molecule has 114 valence electrons. The summed E-state index contributed by atoms with van der Waals surface area (Å²) in [6.07, 6.45) is 5.68. The van der Waals surface area contributed by atoms with Crippen molar-refractivity contribution in [2.75, 3.05) is 6.54 Å². The standard InChI is InChI=1S/C14H25N3O3/c1-9-5-4-8-17(12(9)13(18)19)14(20)16-11-7-3-2-6-10(11)15/h9-12H,2-8,15H2,1H3,(H,16,20)(H,18,19). The smallest absolute Gasteiger partial charge is 0.326 e. The predicted molar refractivity (Wildman–Crippen MR) is 75.3 cm³/mol. The number of likely N-dealkylation sites (tertiary alicyclic amines) is 1. The van der Waals surface area contributed by atoms with Crippen LogP contribution in [0.25, 0.3) is 0 Å². The molecular formula is C14H25N3O3. The van der Waals surface area contributed by atoms with Crippen molar-refractivity contribution >= 4 is 12.0 Å². The van der Waals surface area contributed by atoms with Gasteiger partial charge in [0, 0.05) is 18.6 Å². The topological polar surface area (TPSA) is 95.7 Å². The van der Waals surface area contributed by atoms with Crippen molar-refractivity contribution in [1.29, 1.82) is 0 Å². The maximum Gasteiger partial charge on any atom is 0.326 e. The lowest BCUT2D eigenvalue weighted by Crippen LogP contribution is -2.59. The van der Waals surface area contributed by atoms with E-state index in [1.54, 1.807) is 0 Å². The Morgan fingerprint density at radius 2 is 1.90 bits per heavy atom. The number of amides is 2. The molecule has 4 atom stereocenters. The van der Waals surface area contributed by atoms with Crippen LogP contribution in [0.3, 0.4) is 0 Å². The summed E-state index contributed by atoms with van der Waals surface area (Å²) in [4.78, 5) is 25.2. The van der Waals surface area contributed by atoms with Crippen LogP contribution in [-0.4, -0.2) is 46.7 Å². The van der Waals surface area contributed by atoms with Crippen molar-refractivity contribution in [3.8, 4) is 0 Å². The van der Waals surface area contributed by atoms with Gasteiger partial charge in [0.1, 0.15) is 6.04 Å². The maximum absolute atomic E-state index is 12.4. The zero-order valence-corrected chi connectivity index (χ0v) is 12.0. The second-order valence-corrected chi connectivity index (χ2v) is 6.10. The molecule has 1 heterocycles. The first-order chi connectivity index (χ1) is 9.50. The molecular weight excluding hydrogens is 258 g/mol. The second-order valence-electron chi connectivity index (χ2n) is 6.10. The Morgan fingerprint density at radius 3 is 2.55 bits per heavy atom. The van der Waals surface area contributed by atoms with Gasteiger partial charge in [-0.3, -0.25) is 0 Å². The molecule has 2 fully saturated rings. The number of rotatable bonds is 2. The van der Waals surface area contributed by atoms with E-state index in [1.807, 2.05) is 6.92 Å². The van der Waals surface area contributed by atoms with E-state index >= 15 is 0 Å². The normalized spacial score (nSPS) is 34.6. The highest BCUT2D eigenvalue weighted by Crippen LogP contribution is 2.24. The number of carboxylic acids is 1. The highest BCUT2D eigenvalue weighted by atomic mass is 16.4. The van der Waals surface area contributed by atoms with Gasteiger partial charge in [0.2, 0.25) is 0 Å². The molecule has 4 N–H and O–H groups in total. The first kappa shape index (κ1) is 15.1. The number of carboxylic acid groups (broad SMARTS) is 1. The highest BCUT2D eigenvalue weighted by Gasteiger charge is 2.38. The molecule has 0 spiro atoms. The van der Waals surface area contributed by atoms with Crippen molar-refractivity contribution < 1.29 is 14.7 Å². The number of hydrogen-bond acceptors (Lipinski definition) is 3. The molecule has 20 heavy (non-hydrogen) atoms. The minimum absolute atomic E-state index is 0.00738. The Hall–Kier alpha value is -1.30. The summed E-state index contributed by atoms with van der Waals surface area (Å²) < 4.78 is 0. The Morgan fingerprint density at radius 1 is 1.20 bits per heavy atom. The predicted octanol–water partition coefficient (Wildman–Crippen LogP) is 1.15. The molecule has 0 radical (unpaired) electrons. The summed E-state index contributed by atoms with van der Waals surface area (Å²) in [5.74, 6) is -0.924. The molecule has 2 rings (SSSR count). The number of nitrogens with two attached hydrogens (primary N) is 1. The van der Waals surface area contributed by atoms with E-state index in [2.05, 4.69) is 5.32 Å². The quantitative estimate of drug-likeness (QED) is 0.708. The van der Waals surface area contributed by atoms with Crippen LogP contribution in [-0.2, 0) is 4.79 Å². The molecule has 2 amide bonds. The minimum atomic E-state index is -0.916. The van der Waals surface area contributed by atoms with Crippen molar-refractivity contribution in [2.24, 2.45) is 11.7 Å². The van der Waals surface area contributed by atoms with Gasteiger partial charge in [0.05, 0.1) is 0 Å². The summed E-state index contributed by atoms with van der Waals surface area (Å²) in [6.45, 7) is 2.40. The second kappa shape index (κ2) is 6.43. The van der Waals surface area contributed by atoms with Crippen LogP contribution in [0, 0.1) is 5.92 Å².